The van der Waals surface area contributed by atoms with Crippen LogP contribution in [0.15, 0.2) is 60.7 Å². The highest BCUT2D eigenvalue weighted by Gasteiger charge is 2.11. The van der Waals surface area contributed by atoms with E-state index in [1.807, 2.05) is 31.2 Å². The molecule has 0 aliphatic carbocycles. The molecule has 3 rings (SSSR count). The molecule has 7 heteroatoms. The van der Waals surface area contributed by atoms with Crippen LogP contribution in [0.25, 0.3) is 6.08 Å². The molecule has 0 aliphatic rings. The summed E-state index contributed by atoms with van der Waals surface area (Å²) in [6.45, 7) is 2.13. The van der Waals surface area contributed by atoms with E-state index in [0.717, 1.165) is 18.1 Å². The minimum Gasteiger partial charge on any atom is -0.484 e. The lowest BCUT2D eigenvalue weighted by Gasteiger charge is -2.13. The summed E-state index contributed by atoms with van der Waals surface area (Å²) in [6, 6.07) is 16.2. The van der Waals surface area contributed by atoms with Gasteiger partial charge in [0.15, 0.2) is 11.5 Å². The average Bonchev–Trinajstić information content (AvgIpc) is 2.73. The summed E-state index contributed by atoms with van der Waals surface area (Å²) in [5.74, 6) is 0.412. The average molecular weight is 444 g/mol. The Hall–Kier alpha value is -3.02. The minimum absolute atomic E-state index is 0.100. The largest absolute Gasteiger partial charge is 0.484 e. The molecule has 0 radical (unpaired) electrons. The summed E-state index contributed by atoms with van der Waals surface area (Å²) in [4.78, 5) is 15.5. The number of halogens is 2. The van der Waals surface area contributed by atoms with Crippen molar-refractivity contribution in [2.45, 2.75) is 20.0 Å². The topological polar surface area (TPSA) is 68.7 Å². The van der Waals surface area contributed by atoms with Gasteiger partial charge in [-0.3, -0.25) is 0 Å². The smallest absolute Gasteiger partial charge is 0.328 e. The number of rotatable bonds is 8. The highest BCUT2D eigenvalue weighted by Crippen LogP contribution is 2.33. The van der Waals surface area contributed by atoms with E-state index in [1.54, 1.807) is 30.3 Å². The molecule has 0 amide bonds. The molecule has 5 nitrogen and oxygen atoms in total. The first kappa shape index (κ1) is 21.7. The molecule has 2 aromatic carbocycles. The monoisotopic (exact) mass is 443 g/mol. The minimum atomic E-state index is -1.08. The Labute approximate surface area is 184 Å². The zero-order chi connectivity index (χ0) is 21.5. The Kier molecular flexibility index (Phi) is 7.33. The Bertz CT molecular complexity index is 1060. The number of ether oxygens (including phenoxy) is 2. The molecule has 154 valence electrons. The number of pyridine rings is 1. The van der Waals surface area contributed by atoms with Crippen LogP contribution in [0.5, 0.6) is 17.2 Å². The fourth-order valence-corrected chi connectivity index (χ4v) is 3.23. The first-order chi connectivity index (χ1) is 14.5. The maximum absolute atomic E-state index is 11.0. The van der Waals surface area contributed by atoms with Crippen LogP contribution < -0.4 is 9.47 Å². The summed E-state index contributed by atoms with van der Waals surface area (Å²) in [6.07, 6.45) is 3.20. The van der Waals surface area contributed by atoms with Crippen LogP contribution >= 0.6 is 23.2 Å². The van der Waals surface area contributed by atoms with E-state index in [9.17, 15) is 4.79 Å². The Balaban J connectivity index is 1.88. The molecule has 0 saturated carbocycles. The van der Waals surface area contributed by atoms with Gasteiger partial charge >= 0.3 is 5.97 Å². The summed E-state index contributed by atoms with van der Waals surface area (Å²) in [5, 5.41) is 9.80. The quantitative estimate of drug-likeness (QED) is 0.406. The zero-order valence-corrected chi connectivity index (χ0v) is 17.7. The normalized spacial score (nSPS) is 10.9. The standard InChI is InChI=1S/C23H19Cl2NO4/c1-2-15-6-3-4-9-20(15)30-21-12-10-16(26-19(21)11-13-22(27)28)14-29-23-17(24)7-5-8-18(23)25/h3-13H,2,14H2,1H3,(H,27,28). The molecule has 1 aromatic heterocycles. The third-order valence-corrected chi connectivity index (χ3v) is 4.78. The third-order valence-electron chi connectivity index (χ3n) is 4.18. The second kappa shape index (κ2) is 10.1. The number of benzene rings is 2. The molecule has 3 aromatic rings. The third kappa shape index (κ3) is 5.53. The first-order valence-corrected chi connectivity index (χ1v) is 9.97. The van der Waals surface area contributed by atoms with Gasteiger partial charge in [0.2, 0.25) is 0 Å². The Morgan fingerprint density at radius 2 is 1.77 bits per heavy atom. The molecule has 0 unspecified atom stereocenters. The van der Waals surface area contributed by atoms with Crippen molar-refractivity contribution in [1.82, 2.24) is 4.98 Å². The summed E-state index contributed by atoms with van der Waals surface area (Å²) < 4.78 is 11.8. The van der Waals surface area contributed by atoms with Crippen molar-refractivity contribution in [3.05, 3.63) is 87.7 Å². The summed E-state index contributed by atoms with van der Waals surface area (Å²) in [7, 11) is 0. The Morgan fingerprint density at radius 1 is 1.03 bits per heavy atom. The van der Waals surface area contributed by atoms with Crippen molar-refractivity contribution in [2.24, 2.45) is 0 Å². The number of para-hydroxylation sites is 2. The van der Waals surface area contributed by atoms with Gasteiger partial charge < -0.3 is 14.6 Å². The zero-order valence-electron chi connectivity index (χ0n) is 16.1. The predicted octanol–water partition coefficient (Wildman–Crippen LogP) is 6.42. The summed E-state index contributed by atoms with van der Waals surface area (Å²) in [5.41, 5.74) is 1.97. The van der Waals surface area contributed by atoms with Crippen LogP contribution in [0.3, 0.4) is 0 Å². The number of carbonyl (C=O) groups is 1. The van der Waals surface area contributed by atoms with Crippen molar-refractivity contribution in [1.29, 1.82) is 0 Å². The van der Waals surface area contributed by atoms with Gasteiger partial charge in [0.25, 0.3) is 0 Å². The number of hydrogen-bond acceptors (Lipinski definition) is 4. The van der Waals surface area contributed by atoms with Crippen LogP contribution in [0.1, 0.15) is 23.9 Å². The number of aryl methyl sites for hydroxylation is 1. The van der Waals surface area contributed by atoms with E-state index in [1.165, 1.54) is 6.08 Å². The lowest BCUT2D eigenvalue weighted by Crippen LogP contribution is -2.02. The van der Waals surface area contributed by atoms with Crippen molar-refractivity contribution >= 4 is 35.2 Å². The van der Waals surface area contributed by atoms with E-state index in [0.29, 0.717) is 38.7 Å². The van der Waals surface area contributed by atoms with Gasteiger partial charge in [-0.25, -0.2) is 9.78 Å². The fraction of sp³-hybridized carbons (Fsp3) is 0.130. The van der Waals surface area contributed by atoms with Gasteiger partial charge in [-0.1, -0.05) is 54.4 Å². The van der Waals surface area contributed by atoms with Crippen LogP contribution in [-0.4, -0.2) is 16.1 Å². The fourth-order valence-electron chi connectivity index (χ4n) is 2.72. The molecule has 0 bridgehead atoms. The van der Waals surface area contributed by atoms with Gasteiger partial charge in [0.1, 0.15) is 18.1 Å². The van der Waals surface area contributed by atoms with E-state index >= 15 is 0 Å². The van der Waals surface area contributed by atoms with Gasteiger partial charge in [0.05, 0.1) is 15.7 Å². The number of carboxylic acids is 1. The lowest BCUT2D eigenvalue weighted by atomic mass is 10.1. The van der Waals surface area contributed by atoms with Crippen LogP contribution in [0, 0.1) is 0 Å². The highest BCUT2D eigenvalue weighted by atomic mass is 35.5. The van der Waals surface area contributed by atoms with Crippen molar-refractivity contribution in [2.75, 3.05) is 0 Å². The van der Waals surface area contributed by atoms with Gasteiger partial charge in [-0.2, -0.15) is 0 Å². The van der Waals surface area contributed by atoms with E-state index < -0.39 is 5.97 Å². The van der Waals surface area contributed by atoms with Gasteiger partial charge in [-0.15, -0.1) is 0 Å². The molecule has 1 N–H and O–H groups in total. The van der Waals surface area contributed by atoms with Crippen molar-refractivity contribution < 1.29 is 19.4 Å². The predicted molar refractivity (Wildman–Crippen MR) is 118 cm³/mol. The van der Waals surface area contributed by atoms with Crippen molar-refractivity contribution in [3.8, 4) is 17.2 Å². The second-order valence-electron chi connectivity index (χ2n) is 6.26. The second-order valence-corrected chi connectivity index (χ2v) is 7.07. The SMILES string of the molecule is CCc1ccccc1Oc1ccc(COc2c(Cl)cccc2Cl)nc1C=CC(=O)O. The Morgan fingerprint density at radius 3 is 2.47 bits per heavy atom. The summed E-state index contributed by atoms with van der Waals surface area (Å²) >= 11 is 12.3. The number of aliphatic carboxylic acids is 1. The first-order valence-electron chi connectivity index (χ1n) is 9.21. The molecule has 0 aliphatic heterocycles. The molecular weight excluding hydrogens is 425 g/mol. The molecule has 0 saturated heterocycles. The van der Waals surface area contributed by atoms with Crippen LogP contribution in [-0.2, 0) is 17.8 Å². The van der Waals surface area contributed by atoms with E-state index in [4.69, 9.17) is 37.8 Å². The highest BCUT2D eigenvalue weighted by molar-refractivity contribution is 6.37. The van der Waals surface area contributed by atoms with Crippen LogP contribution in [0.4, 0.5) is 0 Å². The van der Waals surface area contributed by atoms with E-state index in [-0.39, 0.29) is 6.61 Å². The molecule has 30 heavy (non-hydrogen) atoms. The molecule has 0 spiro atoms. The number of carboxylic acid groups (broad SMARTS) is 1. The maximum Gasteiger partial charge on any atom is 0.328 e. The molecule has 0 atom stereocenters. The molecule has 0 fully saturated rings. The number of nitrogens with zero attached hydrogens (tertiary/aromatic N) is 1. The van der Waals surface area contributed by atoms with Crippen LogP contribution in [0.2, 0.25) is 10.0 Å². The lowest BCUT2D eigenvalue weighted by molar-refractivity contribution is -0.131. The van der Waals surface area contributed by atoms with Crippen molar-refractivity contribution in [3.63, 3.8) is 0 Å². The number of hydrogen-bond donors (Lipinski definition) is 1. The van der Waals surface area contributed by atoms with Gasteiger partial charge in [0, 0.05) is 6.08 Å². The van der Waals surface area contributed by atoms with Gasteiger partial charge in [-0.05, 0) is 48.4 Å². The number of aromatic nitrogens is 1. The molecule has 1 heterocycles. The molecular formula is C23H19Cl2NO4. The maximum atomic E-state index is 11.0. The van der Waals surface area contributed by atoms with E-state index in [2.05, 4.69) is 4.98 Å².